The molecule has 1 aromatic rings. The molecule has 0 radical (unpaired) electrons. The molecule has 112 valence electrons. The minimum absolute atomic E-state index is 0.209. The van der Waals surface area contributed by atoms with Crippen LogP contribution >= 0.6 is 0 Å². The highest BCUT2D eigenvalue weighted by molar-refractivity contribution is 7.88. The van der Waals surface area contributed by atoms with Gasteiger partial charge in [-0.2, -0.15) is 0 Å². The number of carbonyl (C=O) groups excluding carboxylic acids is 1. The van der Waals surface area contributed by atoms with Gasteiger partial charge in [-0.3, -0.25) is 4.79 Å². The quantitative estimate of drug-likeness (QED) is 0.572. The minimum Gasteiger partial charge on any atom is -0.399 e. The molecule has 0 saturated carbocycles. The van der Waals surface area contributed by atoms with Crippen molar-refractivity contribution in [3.05, 3.63) is 29.8 Å². The third kappa shape index (κ3) is 5.18. The topological polar surface area (TPSA) is 92.5 Å². The van der Waals surface area contributed by atoms with Crippen molar-refractivity contribution in [2.75, 3.05) is 31.6 Å². The van der Waals surface area contributed by atoms with E-state index in [1.807, 2.05) is 0 Å². The second kappa shape index (κ2) is 7.25. The summed E-state index contributed by atoms with van der Waals surface area (Å²) in [5.41, 5.74) is 6.64. The van der Waals surface area contributed by atoms with Gasteiger partial charge >= 0.3 is 0 Å². The van der Waals surface area contributed by atoms with Crippen molar-refractivity contribution in [2.24, 2.45) is 0 Å². The Morgan fingerprint density at radius 2 is 2.10 bits per heavy atom. The van der Waals surface area contributed by atoms with Gasteiger partial charge in [-0.15, -0.1) is 0 Å². The zero-order valence-corrected chi connectivity index (χ0v) is 12.6. The number of nitrogens with zero attached hydrogens (tertiary/aromatic N) is 1. The van der Waals surface area contributed by atoms with Crippen LogP contribution in [-0.2, 0) is 10.0 Å². The fourth-order valence-corrected chi connectivity index (χ4v) is 2.73. The first kappa shape index (κ1) is 16.5. The zero-order valence-electron chi connectivity index (χ0n) is 11.8. The lowest BCUT2D eigenvalue weighted by atomic mass is 10.2. The number of nitrogen functional groups attached to an aromatic ring is 1. The van der Waals surface area contributed by atoms with Crippen molar-refractivity contribution in [2.45, 2.75) is 13.3 Å². The highest BCUT2D eigenvalue weighted by atomic mass is 32.2. The molecule has 0 heterocycles. The predicted molar refractivity (Wildman–Crippen MR) is 79.9 cm³/mol. The molecular weight excluding hydrogens is 278 g/mol. The minimum atomic E-state index is -3.17. The molecule has 1 aromatic carbocycles. The second-order valence-corrected chi connectivity index (χ2v) is 6.47. The van der Waals surface area contributed by atoms with Crippen LogP contribution in [0.25, 0.3) is 0 Å². The average Bonchev–Trinajstić information content (AvgIpc) is 2.37. The van der Waals surface area contributed by atoms with Gasteiger partial charge in [0.15, 0.2) is 0 Å². The molecule has 1 rings (SSSR count). The van der Waals surface area contributed by atoms with E-state index < -0.39 is 10.0 Å². The van der Waals surface area contributed by atoms with E-state index in [4.69, 9.17) is 5.73 Å². The Hall–Kier alpha value is -1.60. The van der Waals surface area contributed by atoms with E-state index in [0.717, 1.165) is 0 Å². The lowest BCUT2D eigenvalue weighted by Crippen LogP contribution is -2.33. The van der Waals surface area contributed by atoms with Crippen LogP contribution in [-0.4, -0.2) is 44.5 Å². The number of hydrogen-bond acceptors (Lipinski definition) is 4. The summed E-state index contributed by atoms with van der Waals surface area (Å²) in [4.78, 5) is 11.8. The van der Waals surface area contributed by atoms with Gasteiger partial charge in [0.1, 0.15) is 0 Å². The molecule has 0 fully saturated rings. The Labute approximate surface area is 120 Å². The molecule has 0 aliphatic carbocycles. The monoisotopic (exact) mass is 299 g/mol. The van der Waals surface area contributed by atoms with E-state index in [0.29, 0.717) is 37.3 Å². The molecule has 7 heteroatoms. The average molecular weight is 299 g/mol. The van der Waals surface area contributed by atoms with E-state index in [9.17, 15) is 13.2 Å². The number of sulfonamides is 1. The molecule has 0 aromatic heterocycles. The molecule has 0 aliphatic rings. The molecule has 6 nitrogen and oxygen atoms in total. The van der Waals surface area contributed by atoms with Crippen molar-refractivity contribution in [1.29, 1.82) is 0 Å². The van der Waals surface area contributed by atoms with Gasteiger partial charge < -0.3 is 11.1 Å². The third-order valence-electron chi connectivity index (χ3n) is 2.84. The number of benzene rings is 1. The molecule has 20 heavy (non-hydrogen) atoms. The Kier molecular flexibility index (Phi) is 5.97. The predicted octanol–water partition coefficient (Wildman–Crippen LogP) is 0.670. The standard InChI is InChI=1S/C13H21N3O3S/c1-3-16(20(2,18)19)9-5-8-15-13(17)11-6-4-7-12(14)10-11/h4,6-7,10H,3,5,8-9,14H2,1-2H3,(H,15,17). The van der Waals surface area contributed by atoms with E-state index >= 15 is 0 Å². The Morgan fingerprint density at radius 3 is 2.65 bits per heavy atom. The third-order valence-corrected chi connectivity index (χ3v) is 4.22. The van der Waals surface area contributed by atoms with Crippen LogP contribution < -0.4 is 11.1 Å². The Morgan fingerprint density at radius 1 is 1.40 bits per heavy atom. The van der Waals surface area contributed by atoms with Crippen molar-refractivity contribution < 1.29 is 13.2 Å². The van der Waals surface area contributed by atoms with Crippen LogP contribution in [0.15, 0.2) is 24.3 Å². The Bertz CT molecular complexity index is 558. The van der Waals surface area contributed by atoms with Crippen LogP contribution in [0.3, 0.4) is 0 Å². The van der Waals surface area contributed by atoms with E-state index in [1.165, 1.54) is 10.6 Å². The van der Waals surface area contributed by atoms with Gasteiger partial charge in [-0.05, 0) is 24.6 Å². The summed E-state index contributed by atoms with van der Waals surface area (Å²) in [6.07, 6.45) is 1.75. The van der Waals surface area contributed by atoms with E-state index in [2.05, 4.69) is 5.32 Å². The fourth-order valence-electron chi connectivity index (χ4n) is 1.80. The van der Waals surface area contributed by atoms with Crippen LogP contribution in [0.5, 0.6) is 0 Å². The molecule has 0 bridgehead atoms. The molecular formula is C13H21N3O3S. The number of amides is 1. The van der Waals surface area contributed by atoms with Gasteiger partial charge in [0.05, 0.1) is 6.26 Å². The summed E-state index contributed by atoms with van der Waals surface area (Å²) in [5.74, 6) is -0.209. The van der Waals surface area contributed by atoms with Crippen molar-refractivity contribution in [1.82, 2.24) is 9.62 Å². The summed E-state index contributed by atoms with van der Waals surface area (Å²) >= 11 is 0. The summed E-state index contributed by atoms with van der Waals surface area (Å²) in [7, 11) is -3.17. The number of hydrogen-bond donors (Lipinski definition) is 2. The SMILES string of the molecule is CCN(CCCNC(=O)c1cccc(N)c1)S(C)(=O)=O. The normalized spacial score (nSPS) is 11.6. The fraction of sp³-hybridized carbons (Fsp3) is 0.462. The maximum absolute atomic E-state index is 11.8. The highest BCUT2D eigenvalue weighted by Crippen LogP contribution is 2.06. The second-order valence-electron chi connectivity index (χ2n) is 4.49. The van der Waals surface area contributed by atoms with Crippen LogP contribution in [0.4, 0.5) is 5.69 Å². The molecule has 0 spiro atoms. The molecule has 1 amide bonds. The summed E-state index contributed by atoms with van der Waals surface area (Å²) < 4.78 is 24.1. The zero-order chi connectivity index (χ0) is 15.2. The number of rotatable bonds is 7. The first-order valence-corrected chi connectivity index (χ1v) is 8.28. The molecule has 0 unspecified atom stereocenters. The molecule has 3 N–H and O–H groups in total. The largest absolute Gasteiger partial charge is 0.399 e. The van der Waals surface area contributed by atoms with Gasteiger partial charge in [0.2, 0.25) is 10.0 Å². The smallest absolute Gasteiger partial charge is 0.251 e. The maximum atomic E-state index is 11.8. The van der Waals surface area contributed by atoms with Gasteiger partial charge in [-0.1, -0.05) is 13.0 Å². The maximum Gasteiger partial charge on any atom is 0.251 e. The number of nitrogens with two attached hydrogens (primary N) is 1. The van der Waals surface area contributed by atoms with E-state index in [1.54, 1.807) is 31.2 Å². The molecule has 0 atom stereocenters. The number of nitrogens with one attached hydrogen (secondary N) is 1. The van der Waals surface area contributed by atoms with Crippen LogP contribution in [0, 0.1) is 0 Å². The van der Waals surface area contributed by atoms with Crippen LogP contribution in [0.2, 0.25) is 0 Å². The summed E-state index contributed by atoms with van der Waals surface area (Å²) in [6.45, 7) is 3.03. The van der Waals surface area contributed by atoms with Crippen molar-refractivity contribution >= 4 is 21.6 Å². The molecule has 0 aliphatic heterocycles. The lowest BCUT2D eigenvalue weighted by molar-refractivity contribution is 0.0953. The van der Waals surface area contributed by atoms with Gasteiger partial charge in [-0.25, -0.2) is 12.7 Å². The first-order chi connectivity index (χ1) is 9.34. The summed E-state index contributed by atoms with van der Waals surface area (Å²) in [5, 5.41) is 2.74. The van der Waals surface area contributed by atoms with E-state index in [-0.39, 0.29) is 5.91 Å². The first-order valence-electron chi connectivity index (χ1n) is 6.43. The Balaban J connectivity index is 2.40. The number of anilines is 1. The summed E-state index contributed by atoms with van der Waals surface area (Å²) in [6, 6.07) is 6.71. The van der Waals surface area contributed by atoms with Crippen molar-refractivity contribution in [3.8, 4) is 0 Å². The van der Waals surface area contributed by atoms with Gasteiger partial charge in [0.25, 0.3) is 5.91 Å². The highest BCUT2D eigenvalue weighted by Gasteiger charge is 2.13. The van der Waals surface area contributed by atoms with Crippen LogP contribution in [0.1, 0.15) is 23.7 Å². The molecule has 0 saturated heterocycles. The lowest BCUT2D eigenvalue weighted by Gasteiger charge is -2.17. The number of carbonyl (C=O) groups is 1. The van der Waals surface area contributed by atoms with Crippen molar-refractivity contribution in [3.63, 3.8) is 0 Å². The van der Waals surface area contributed by atoms with Gasteiger partial charge in [0, 0.05) is 30.9 Å².